The molecule has 0 bridgehead atoms. The summed E-state index contributed by atoms with van der Waals surface area (Å²) in [4.78, 5) is 15.7. The molecule has 0 aliphatic rings. The lowest BCUT2D eigenvalue weighted by Gasteiger charge is -2.18. The highest BCUT2D eigenvalue weighted by Gasteiger charge is 2.24. The Kier molecular flexibility index (Phi) is 6.85. The van der Waals surface area contributed by atoms with E-state index in [1.807, 2.05) is 35.0 Å². The molecule has 0 saturated heterocycles. The minimum Gasteiger partial charge on any atom is -0.493 e. The van der Waals surface area contributed by atoms with Crippen LogP contribution in [0.5, 0.6) is 11.5 Å². The maximum absolute atomic E-state index is 6.38. The van der Waals surface area contributed by atoms with Crippen molar-refractivity contribution in [3.05, 3.63) is 58.0 Å². The second kappa shape index (κ2) is 9.64. The average molecular weight is 562 g/mol. The zero-order valence-corrected chi connectivity index (χ0v) is 21.6. The molecule has 2 N–H and O–H groups in total. The number of hydrogen-bond acceptors (Lipinski definition) is 8. The highest BCUT2D eigenvalue weighted by Crippen LogP contribution is 2.48. The van der Waals surface area contributed by atoms with E-state index in [4.69, 9.17) is 20.2 Å². The molecule has 5 rings (SSSR count). The molecule has 6 nitrogen and oxygen atoms in total. The molecule has 10 heteroatoms. The van der Waals surface area contributed by atoms with Gasteiger partial charge in [-0.2, -0.15) is 0 Å². The summed E-state index contributed by atoms with van der Waals surface area (Å²) in [6, 6.07) is 12.0. The van der Waals surface area contributed by atoms with Crippen LogP contribution in [0.3, 0.4) is 0 Å². The summed E-state index contributed by atoms with van der Waals surface area (Å²) < 4.78 is 12.0. The van der Waals surface area contributed by atoms with Crippen molar-refractivity contribution in [3.8, 4) is 43.6 Å². The molecule has 0 spiro atoms. The first-order valence-corrected chi connectivity index (χ1v) is 12.1. The van der Waals surface area contributed by atoms with Gasteiger partial charge in [0.15, 0.2) is 17.1 Å². The van der Waals surface area contributed by atoms with Gasteiger partial charge in [0.25, 0.3) is 0 Å². The summed E-state index contributed by atoms with van der Waals surface area (Å²) >= 11 is 6.84. The molecule has 0 saturated carbocycles. The topological polar surface area (TPSA) is 83.2 Å². The van der Waals surface area contributed by atoms with Gasteiger partial charge in [0, 0.05) is 25.9 Å². The minimum atomic E-state index is 0. The first kappa shape index (κ1) is 23.4. The van der Waals surface area contributed by atoms with Crippen molar-refractivity contribution in [2.75, 3.05) is 20.0 Å². The largest absolute Gasteiger partial charge is 0.493 e. The highest BCUT2D eigenvalue weighted by molar-refractivity contribution is 9.10. The van der Waals surface area contributed by atoms with Crippen LogP contribution in [0.15, 0.2) is 58.0 Å². The fraction of sp³-hybridized carbons (Fsp3) is 0.0870. The van der Waals surface area contributed by atoms with Crippen molar-refractivity contribution in [3.63, 3.8) is 0 Å². The Morgan fingerprint density at radius 3 is 2.42 bits per heavy atom. The molecule has 4 heterocycles. The van der Waals surface area contributed by atoms with Crippen LogP contribution in [0.4, 0.5) is 5.82 Å². The summed E-state index contributed by atoms with van der Waals surface area (Å²) in [5.74, 6) is 1.69. The Morgan fingerprint density at radius 1 is 0.939 bits per heavy atom. The number of pyridine rings is 1. The van der Waals surface area contributed by atoms with Crippen LogP contribution >= 0.6 is 51.0 Å². The van der Waals surface area contributed by atoms with Crippen LogP contribution in [0.25, 0.3) is 43.2 Å². The van der Waals surface area contributed by atoms with Crippen molar-refractivity contribution in [1.29, 1.82) is 0 Å². The SMILES string of the molecule is COc1ccc(-c2c(-c3cccs3)nc3ncnc(N)c3c2-c2cc(Br)cs2)cc1OC.Cl. The summed E-state index contributed by atoms with van der Waals surface area (Å²) in [6.45, 7) is 0. The van der Waals surface area contributed by atoms with Crippen molar-refractivity contribution in [2.45, 2.75) is 0 Å². The van der Waals surface area contributed by atoms with E-state index in [-0.39, 0.29) is 12.4 Å². The number of nitrogen functional groups attached to an aromatic ring is 1. The van der Waals surface area contributed by atoms with Crippen LogP contribution in [0, 0.1) is 0 Å². The lowest BCUT2D eigenvalue weighted by Crippen LogP contribution is -2.01. The van der Waals surface area contributed by atoms with Crippen molar-refractivity contribution < 1.29 is 9.47 Å². The van der Waals surface area contributed by atoms with Gasteiger partial charge in [-0.1, -0.05) is 12.1 Å². The second-order valence-corrected chi connectivity index (χ2v) is 9.62. The highest BCUT2D eigenvalue weighted by atomic mass is 79.9. The number of nitrogens with two attached hydrogens (primary N) is 1. The normalized spacial score (nSPS) is 10.8. The molecule has 1 aromatic carbocycles. The molecular weight excluding hydrogens is 544 g/mol. The summed E-state index contributed by atoms with van der Waals surface area (Å²) in [6.07, 6.45) is 1.45. The van der Waals surface area contributed by atoms with E-state index >= 15 is 0 Å². The zero-order chi connectivity index (χ0) is 22.2. The molecule has 168 valence electrons. The quantitative estimate of drug-likeness (QED) is 0.250. The number of hydrogen-bond donors (Lipinski definition) is 1. The van der Waals surface area contributed by atoms with E-state index in [0.29, 0.717) is 23.0 Å². The average Bonchev–Trinajstić information content (AvgIpc) is 3.49. The van der Waals surface area contributed by atoms with Gasteiger partial charge in [-0.25, -0.2) is 15.0 Å². The number of benzene rings is 1. The molecule has 5 aromatic rings. The van der Waals surface area contributed by atoms with Crippen LogP contribution in [-0.4, -0.2) is 29.2 Å². The molecule has 4 aromatic heterocycles. The van der Waals surface area contributed by atoms with Gasteiger partial charge in [-0.05, 0) is 51.1 Å². The number of ether oxygens (including phenoxy) is 2. The molecule has 0 radical (unpaired) electrons. The number of methoxy groups -OCH3 is 2. The van der Waals surface area contributed by atoms with Gasteiger partial charge in [0.2, 0.25) is 0 Å². The summed E-state index contributed by atoms with van der Waals surface area (Å²) in [7, 11) is 3.25. The van der Waals surface area contributed by atoms with Gasteiger partial charge in [0.1, 0.15) is 12.1 Å². The number of nitrogens with zero attached hydrogens (tertiary/aromatic N) is 3. The standard InChI is InChI=1S/C23H17BrN4O2S2.ClH/c1-29-14-6-5-12(8-15(14)30-2)18-19(17-9-13(24)10-32-17)20-22(25)26-11-27-23(20)28-21(18)16-4-3-7-31-16;/h3-11H,1-2H3,(H2,25,26,27,28);1H. The van der Waals surface area contributed by atoms with E-state index in [1.165, 1.54) is 6.33 Å². The van der Waals surface area contributed by atoms with E-state index < -0.39 is 0 Å². The number of fused-ring (bicyclic) bond motifs is 1. The van der Waals surface area contributed by atoms with Crippen molar-refractivity contribution >= 4 is 67.9 Å². The molecular formula is C23H18BrClN4O2S2. The monoisotopic (exact) mass is 560 g/mol. The Morgan fingerprint density at radius 2 is 1.76 bits per heavy atom. The maximum atomic E-state index is 6.38. The Bertz CT molecular complexity index is 1440. The smallest absolute Gasteiger partial charge is 0.165 e. The van der Waals surface area contributed by atoms with Gasteiger partial charge in [0.05, 0.1) is 30.2 Å². The molecule has 0 unspecified atom stereocenters. The van der Waals surface area contributed by atoms with Gasteiger partial charge < -0.3 is 15.2 Å². The fourth-order valence-electron chi connectivity index (χ4n) is 3.67. The lowest BCUT2D eigenvalue weighted by atomic mass is 9.93. The van der Waals surface area contributed by atoms with Crippen LogP contribution < -0.4 is 15.2 Å². The predicted octanol–water partition coefficient (Wildman–Crippen LogP) is 6.93. The van der Waals surface area contributed by atoms with Gasteiger partial charge in [-0.3, -0.25) is 0 Å². The van der Waals surface area contributed by atoms with Crippen molar-refractivity contribution in [1.82, 2.24) is 15.0 Å². The Labute approximate surface area is 213 Å². The summed E-state index contributed by atoms with van der Waals surface area (Å²) in [5, 5.41) is 4.81. The first-order valence-electron chi connectivity index (χ1n) is 9.55. The third kappa shape index (κ3) is 4.17. The van der Waals surface area contributed by atoms with E-state index in [0.717, 1.165) is 42.0 Å². The number of halogens is 2. The number of aromatic nitrogens is 3. The van der Waals surface area contributed by atoms with Gasteiger partial charge >= 0.3 is 0 Å². The molecule has 33 heavy (non-hydrogen) atoms. The lowest BCUT2D eigenvalue weighted by molar-refractivity contribution is 0.355. The molecule has 0 fully saturated rings. The third-order valence-corrected chi connectivity index (χ3v) is 7.64. The molecule has 0 aliphatic carbocycles. The first-order chi connectivity index (χ1) is 15.6. The van der Waals surface area contributed by atoms with E-state index in [2.05, 4.69) is 38.0 Å². The second-order valence-electron chi connectivity index (χ2n) is 6.84. The maximum Gasteiger partial charge on any atom is 0.165 e. The Balaban J connectivity index is 0.00000259. The minimum absolute atomic E-state index is 0. The van der Waals surface area contributed by atoms with E-state index in [1.54, 1.807) is 36.9 Å². The molecule has 0 aliphatic heterocycles. The van der Waals surface area contributed by atoms with Gasteiger partial charge in [-0.15, -0.1) is 35.1 Å². The molecule has 0 amide bonds. The fourth-order valence-corrected chi connectivity index (χ4v) is 5.88. The van der Waals surface area contributed by atoms with Crippen LogP contribution in [-0.2, 0) is 0 Å². The predicted molar refractivity (Wildman–Crippen MR) is 142 cm³/mol. The summed E-state index contributed by atoms with van der Waals surface area (Å²) in [5.41, 5.74) is 10.6. The van der Waals surface area contributed by atoms with E-state index in [9.17, 15) is 0 Å². The van der Waals surface area contributed by atoms with Crippen LogP contribution in [0.1, 0.15) is 0 Å². The Hall–Kier alpha value is -2.72. The number of anilines is 1. The van der Waals surface area contributed by atoms with Crippen molar-refractivity contribution in [2.24, 2.45) is 0 Å². The number of rotatable bonds is 5. The molecule has 0 atom stereocenters. The number of thiophene rings is 2. The third-order valence-electron chi connectivity index (χ3n) is 5.05. The van der Waals surface area contributed by atoms with Crippen LogP contribution in [0.2, 0.25) is 0 Å². The zero-order valence-electron chi connectivity index (χ0n) is 17.5.